The quantitative estimate of drug-likeness (QED) is 0.579. The minimum absolute atomic E-state index is 0.189. The van der Waals surface area contributed by atoms with Gasteiger partial charge >= 0.3 is 0 Å². The maximum absolute atomic E-state index is 11.6. The molecule has 5 N–H and O–H groups in total. The fraction of sp³-hybridized carbons (Fsp3) is 0.462. The molecule has 5 nitrogen and oxygen atoms in total. The molecular weight excluding hydrogens is 232 g/mol. The van der Waals surface area contributed by atoms with Gasteiger partial charge in [0.2, 0.25) is 5.91 Å². The second kappa shape index (κ2) is 6.98. The predicted octanol–water partition coefficient (Wildman–Crippen LogP) is 0.149. The molecule has 1 aromatic carbocycles. The molecule has 5 heteroatoms. The van der Waals surface area contributed by atoms with E-state index in [1.165, 1.54) is 0 Å². The lowest BCUT2D eigenvalue weighted by Gasteiger charge is -2.13. The summed E-state index contributed by atoms with van der Waals surface area (Å²) in [4.78, 5) is 11.6. The van der Waals surface area contributed by atoms with Crippen LogP contribution in [0.2, 0.25) is 0 Å². The number of amides is 1. The van der Waals surface area contributed by atoms with Crippen molar-refractivity contribution in [2.75, 3.05) is 6.54 Å². The van der Waals surface area contributed by atoms with Gasteiger partial charge in [0.25, 0.3) is 0 Å². The van der Waals surface area contributed by atoms with Crippen molar-refractivity contribution in [1.29, 1.82) is 0 Å². The Labute approximate surface area is 107 Å². The predicted molar refractivity (Wildman–Crippen MR) is 69.1 cm³/mol. The number of carbonyl (C=O) groups is 1. The van der Waals surface area contributed by atoms with E-state index >= 15 is 0 Å². The molecule has 0 spiro atoms. The van der Waals surface area contributed by atoms with Crippen LogP contribution in [0.25, 0.3) is 0 Å². The van der Waals surface area contributed by atoms with E-state index < -0.39 is 12.1 Å². The van der Waals surface area contributed by atoms with E-state index in [9.17, 15) is 4.79 Å². The van der Waals surface area contributed by atoms with Crippen molar-refractivity contribution < 1.29 is 15.0 Å². The molecule has 0 saturated heterocycles. The van der Waals surface area contributed by atoms with Gasteiger partial charge in [-0.2, -0.15) is 0 Å². The van der Waals surface area contributed by atoms with Gasteiger partial charge < -0.3 is 21.3 Å². The third-order valence-electron chi connectivity index (χ3n) is 2.59. The summed E-state index contributed by atoms with van der Waals surface area (Å²) in [5.74, 6) is -0.0440. The van der Waals surface area contributed by atoms with Crippen molar-refractivity contribution in [1.82, 2.24) is 5.32 Å². The molecule has 2 unspecified atom stereocenters. The highest BCUT2D eigenvalue weighted by Crippen LogP contribution is 2.10. The number of benzene rings is 1. The molecule has 0 aliphatic rings. The molecule has 18 heavy (non-hydrogen) atoms. The van der Waals surface area contributed by atoms with Gasteiger partial charge in [-0.1, -0.05) is 12.1 Å². The molecular formula is C13H20N2O3. The number of carbonyl (C=O) groups excluding carboxylic acids is 1. The highest BCUT2D eigenvalue weighted by atomic mass is 16.3. The third kappa shape index (κ3) is 5.16. The van der Waals surface area contributed by atoms with Gasteiger partial charge in [-0.05, 0) is 37.5 Å². The average Bonchev–Trinajstić information content (AvgIpc) is 2.31. The molecule has 0 aliphatic heterocycles. The summed E-state index contributed by atoms with van der Waals surface area (Å²) in [5.41, 5.74) is 6.66. The first-order valence-corrected chi connectivity index (χ1v) is 5.98. The van der Waals surface area contributed by atoms with Crippen LogP contribution in [0.3, 0.4) is 0 Å². The smallest absolute Gasteiger partial charge is 0.237 e. The van der Waals surface area contributed by atoms with Gasteiger partial charge in [-0.25, -0.2) is 0 Å². The number of aliphatic hydroxyl groups is 1. The summed E-state index contributed by atoms with van der Waals surface area (Å²) in [6.07, 6.45) is 0.497. The second-order valence-corrected chi connectivity index (χ2v) is 4.41. The first-order chi connectivity index (χ1) is 8.49. The Morgan fingerprint density at radius 3 is 2.56 bits per heavy atom. The first kappa shape index (κ1) is 14.5. The maximum atomic E-state index is 11.6. The standard InChI is InChI=1S/C13H20N2O3/c1-9(16)6-7-15-13(18)12(14)8-10-2-4-11(17)5-3-10/h2-5,9,12,16-17H,6-8,14H2,1H3,(H,15,18). The molecule has 1 amide bonds. The van der Waals surface area contributed by atoms with Crippen LogP contribution >= 0.6 is 0 Å². The maximum Gasteiger partial charge on any atom is 0.237 e. The van der Waals surface area contributed by atoms with E-state index in [4.69, 9.17) is 15.9 Å². The Hall–Kier alpha value is -1.59. The number of aromatic hydroxyl groups is 1. The van der Waals surface area contributed by atoms with Crippen LogP contribution in [-0.2, 0) is 11.2 Å². The number of nitrogens with one attached hydrogen (secondary N) is 1. The van der Waals surface area contributed by atoms with Crippen molar-refractivity contribution in [2.45, 2.75) is 31.9 Å². The Morgan fingerprint density at radius 1 is 1.39 bits per heavy atom. The van der Waals surface area contributed by atoms with E-state index in [2.05, 4.69) is 5.32 Å². The van der Waals surface area contributed by atoms with E-state index in [1.54, 1.807) is 31.2 Å². The number of rotatable bonds is 6. The van der Waals surface area contributed by atoms with Crippen LogP contribution in [0.15, 0.2) is 24.3 Å². The summed E-state index contributed by atoms with van der Waals surface area (Å²) in [6, 6.07) is 5.97. The lowest BCUT2D eigenvalue weighted by Crippen LogP contribution is -2.42. The van der Waals surface area contributed by atoms with Crippen molar-refractivity contribution >= 4 is 5.91 Å². The second-order valence-electron chi connectivity index (χ2n) is 4.41. The van der Waals surface area contributed by atoms with Gasteiger partial charge in [0.1, 0.15) is 5.75 Å². The minimum Gasteiger partial charge on any atom is -0.508 e. The number of phenolic OH excluding ortho intramolecular Hbond substituents is 1. The minimum atomic E-state index is -0.622. The molecule has 0 aliphatic carbocycles. The molecule has 0 saturated carbocycles. The fourth-order valence-electron chi connectivity index (χ4n) is 1.51. The number of nitrogens with two attached hydrogens (primary N) is 1. The van der Waals surface area contributed by atoms with Crippen LogP contribution in [-0.4, -0.2) is 34.8 Å². The van der Waals surface area contributed by atoms with Crippen LogP contribution in [0.4, 0.5) is 0 Å². The molecule has 0 aromatic heterocycles. The topological polar surface area (TPSA) is 95.6 Å². The van der Waals surface area contributed by atoms with Crippen molar-refractivity contribution in [3.8, 4) is 5.75 Å². The van der Waals surface area contributed by atoms with Gasteiger partial charge in [-0.15, -0.1) is 0 Å². The Bertz CT molecular complexity index is 376. The zero-order valence-corrected chi connectivity index (χ0v) is 10.5. The van der Waals surface area contributed by atoms with Crippen LogP contribution in [0.5, 0.6) is 5.75 Å². The molecule has 0 fully saturated rings. The van der Waals surface area contributed by atoms with Crippen molar-refractivity contribution in [2.24, 2.45) is 5.73 Å². The zero-order valence-electron chi connectivity index (χ0n) is 10.5. The Morgan fingerprint density at radius 2 is 2.00 bits per heavy atom. The molecule has 1 rings (SSSR count). The summed E-state index contributed by atoms with van der Waals surface area (Å²) >= 11 is 0. The van der Waals surface area contributed by atoms with E-state index in [0.717, 1.165) is 5.56 Å². The van der Waals surface area contributed by atoms with E-state index in [0.29, 0.717) is 19.4 Å². The van der Waals surface area contributed by atoms with Crippen LogP contribution in [0.1, 0.15) is 18.9 Å². The molecule has 1 aromatic rings. The summed E-state index contributed by atoms with van der Waals surface area (Å²) in [5, 5.41) is 20.9. The fourth-order valence-corrected chi connectivity index (χ4v) is 1.51. The zero-order chi connectivity index (χ0) is 13.5. The molecule has 0 heterocycles. The van der Waals surface area contributed by atoms with Crippen LogP contribution in [0, 0.1) is 0 Å². The van der Waals surface area contributed by atoms with Crippen LogP contribution < -0.4 is 11.1 Å². The third-order valence-corrected chi connectivity index (χ3v) is 2.59. The van der Waals surface area contributed by atoms with Gasteiger partial charge in [0.15, 0.2) is 0 Å². The molecule has 0 bridgehead atoms. The summed E-state index contributed by atoms with van der Waals surface area (Å²) < 4.78 is 0. The first-order valence-electron chi connectivity index (χ1n) is 5.98. The van der Waals surface area contributed by atoms with E-state index in [-0.39, 0.29) is 11.7 Å². The monoisotopic (exact) mass is 252 g/mol. The highest BCUT2D eigenvalue weighted by molar-refractivity contribution is 5.81. The largest absolute Gasteiger partial charge is 0.508 e. The average molecular weight is 252 g/mol. The molecule has 0 radical (unpaired) electrons. The highest BCUT2D eigenvalue weighted by Gasteiger charge is 2.13. The Balaban J connectivity index is 2.37. The number of hydrogen-bond donors (Lipinski definition) is 4. The molecule has 2 atom stereocenters. The normalized spacial score (nSPS) is 13.9. The molecule has 100 valence electrons. The van der Waals surface area contributed by atoms with Crippen molar-refractivity contribution in [3.05, 3.63) is 29.8 Å². The lowest BCUT2D eigenvalue weighted by atomic mass is 10.1. The van der Waals surface area contributed by atoms with Gasteiger partial charge in [0, 0.05) is 6.54 Å². The van der Waals surface area contributed by atoms with Gasteiger partial charge in [-0.3, -0.25) is 4.79 Å². The Kier molecular flexibility index (Phi) is 5.61. The number of aliphatic hydroxyl groups excluding tert-OH is 1. The summed E-state index contributed by atoms with van der Waals surface area (Å²) in [6.45, 7) is 2.09. The number of hydrogen-bond acceptors (Lipinski definition) is 4. The van der Waals surface area contributed by atoms with E-state index in [1.807, 2.05) is 0 Å². The lowest BCUT2D eigenvalue weighted by molar-refractivity contribution is -0.122. The SMILES string of the molecule is CC(O)CCNC(=O)C(N)Cc1ccc(O)cc1. The summed E-state index contributed by atoms with van der Waals surface area (Å²) in [7, 11) is 0. The number of phenols is 1. The van der Waals surface area contributed by atoms with Crippen molar-refractivity contribution in [3.63, 3.8) is 0 Å². The van der Waals surface area contributed by atoms with Gasteiger partial charge in [0.05, 0.1) is 12.1 Å².